The van der Waals surface area contributed by atoms with E-state index in [0.29, 0.717) is 23.4 Å². The van der Waals surface area contributed by atoms with Crippen molar-refractivity contribution in [1.82, 2.24) is 9.88 Å². The predicted octanol–water partition coefficient (Wildman–Crippen LogP) is 4.34. The van der Waals surface area contributed by atoms with Crippen LogP contribution in [0.1, 0.15) is 29.9 Å². The maximum atomic E-state index is 13.3. The molecule has 2 aromatic carbocycles. The maximum absolute atomic E-state index is 13.3. The third-order valence-electron chi connectivity index (χ3n) is 5.86. The molecule has 3 aromatic rings. The molecule has 0 atom stereocenters. The van der Waals surface area contributed by atoms with Crippen LogP contribution in [0.15, 0.2) is 77.8 Å². The number of nitrogens with zero attached hydrogens (tertiary/aromatic N) is 3. The average Bonchev–Trinajstić information content (AvgIpc) is 3.03. The maximum Gasteiger partial charge on any atom is 0.501 e. The number of esters is 1. The van der Waals surface area contributed by atoms with Gasteiger partial charge in [0, 0.05) is 12.7 Å². The van der Waals surface area contributed by atoms with Crippen LogP contribution in [0, 0.1) is 0 Å². The number of carbonyl (C=O) groups is 3. The number of anilines is 1. The topological polar surface area (TPSA) is 114 Å². The zero-order valence-corrected chi connectivity index (χ0v) is 20.8. The van der Waals surface area contributed by atoms with E-state index in [1.165, 1.54) is 31.0 Å². The van der Waals surface area contributed by atoms with Crippen LogP contribution >= 0.6 is 0 Å². The first-order chi connectivity index (χ1) is 17.7. The molecule has 1 saturated heterocycles. The summed E-state index contributed by atoms with van der Waals surface area (Å²) in [5.41, 5.74) is -6.53. The fraction of sp³-hybridized carbons (Fsp3) is 0.200. The van der Waals surface area contributed by atoms with Crippen LogP contribution in [0.4, 0.5) is 23.7 Å². The molecule has 0 spiro atoms. The van der Waals surface area contributed by atoms with Crippen molar-refractivity contribution < 1.29 is 40.7 Å². The van der Waals surface area contributed by atoms with Crippen molar-refractivity contribution in [3.8, 4) is 5.75 Å². The first-order valence-electron chi connectivity index (χ1n) is 11.0. The predicted molar refractivity (Wildman–Crippen MR) is 128 cm³/mol. The number of aromatic nitrogens is 1. The van der Waals surface area contributed by atoms with Crippen molar-refractivity contribution >= 4 is 33.4 Å². The summed E-state index contributed by atoms with van der Waals surface area (Å²) >= 11 is 0. The van der Waals surface area contributed by atoms with E-state index in [-0.39, 0.29) is 17.9 Å². The lowest BCUT2D eigenvalue weighted by molar-refractivity contribution is -0.123. The van der Waals surface area contributed by atoms with Gasteiger partial charge < -0.3 is 9.64 Å². The van der Waals surface area contributed by atoms with Crippen molar-refractivity contribution in [2.24, 2.45) is 0 Å². The van der Waals surface area contributed by atoms with E-state index in [2.05, 4.69) is 4.98 Å². The molecule has 0 saturated carbocycles. The van der Waals surface area contributed by atoms with Crippen LogP contribution < -0.4 is 9.64 Å². The third kappa shape index (κ3) is 4.84. The summed E-state index contributed by atoms with van der Waals surface area (Å²) in [4.78, 5) is 43.9. The Morgan fingerprint density at radius 1 is 1.00 bits per heavy atom. The Kier molecular flexibility index (Phi) is 6.74. The van der Waals surface area contributed by atoms with Crippen LogP contribution in [0.25, 0.3) is 0 Å². The monoisotopic (exact) mass is 547 g/mol. The summed E-state index contributed by atoms with van der Waals surface area (Å²) in [7, 11) is -5.59. The van der Waals surface area contributed by atoms with E-state index in [1.807, 2.05) is 0 Å². The van der Waals surface area contributed by atoms with Gasteiger partial charge in [-0.1, -0.05) is 18.2 Å². The van der Waals surface area contributed by atoms with Crippen molar-refractivity contribution in [3.63, 3.8) is 0 Å². The number of amides is 3. The first-order valence-corrected chi connectivity index (χ1v) is 12.5. The van der Waals surface area contributed by atoms with Crippen LogP contribution in [-0.4, -0.2) is 47.3 Å². The van der Waals surface area contributed by atoms with Crippen LogP contribution in [0.2, 0.25) is 0 Å². The summed E-state index contributed by atoms with van der Waals surface area (Å²) in [6.07, 6.45) is 1.35. The molecule has 1 aliphatic heterocycles. The molecule has 0 bridgehead atoms. The number of rotatable bonds is 6. The number of para-hydroxylation sites is 1. The Balaban J connectivity index is 1.56. The molecular formula is C25H20F3N3O6S. The van der Waals surface area contributed by atoms with Gasteiger partial charge in [-0.25, -0.2) is 27.9 Å². The quantitative estimate of drug-likeness (QED) is 0.256. The number of sulfone groups is 1. The van der Waals surface area contributed by atoms with E-state index >= 15 is 0 Å². The van der Waals surface area contributed by atoms with Crippen LogP contribution in [0.5, 0.6) is 5.75 Å². The van der Waals surface area contributed by atoms with Crippen molar-refractivity contribution in [1.29, 1.82) is 0 Å². The van der Waals surface area contributed by atoms with Gasteiger partial charge in [-0.05, 0) is 67.9 Å². The lowest BCUT2D eigenvalue weighted by Gasteiger charge is -2.27. The van der Waals surface area contributed by atoms with Gasteiger partial charge in [-0.2, -0.15) is 13.2 Å². The Bertz CT molecular complexity index is 1510. The Morgan fingerprint density at radius 2 is 1.63 bits per heavy atom. The molecule has 0 aliphatic carbocycles. The molecule has 38 heavy (non-hydrogen) atoms. The second-order valence-corrected chi connectivity index (χ2v) is 10.7. The molecule has 4 rings (SSSR count). The molecule has 1 fully saturated rings. The summed E-state index contributed by atoms with van der Waals surface area (Å²) in [6.45, 7) is 2.87. The molecule has 0 unspecified atom stereocenters. The standard InChI is InChI=1S/C25H20F3N3O6S/c1-24(2)22(33)31(17-8-10-19(11-9-17)38(35,36)25(26,27)28)23(34)30(24)15-16-12-13-29-20(14-16)21(32)37-18-6-4-3-5-7-18/h3-14H,15H2,1-2H3. The molecule has 9 nitrogen and oxygen atoms in total. The molecule has 198 valence electrons. The summed E-state index contributed by atoms with van der Waals surface area (Å²) < 4.78 is 67.1. The van der Waals surface area contributed by atoms with E-state index in [4.69, 9.17) is 4.74 Å². The molecule has 1 aromatic heterocycles. The smallest absolute Gasteiger partial charge is 0.422 e. The number of ether oxygens (including phenoxy) is 1. The number of hydrogen-bond donors (Lipinski definition) is 0. The van der Waals surface area contributed by atoms with Gasteiger partial charge in [0.1, 0.15) is 17.0 Å². The van der Waals surface area contributed by atoms with Crippen molar-refractivity contribution in [2.45, 2.75) is 36.3 Å². The highest BCUT2D eigenvalue weighted by atomic mass is 32.2. The van der Waals surface area contributed by atoms with Gasteiger partial charge in [0.15, 0.2) is 0 Å². The average molecular weight is 548 g/mol. The fourth-order valence-electron chi connectivity index (χ4n) is 3.75. The SMILES string of the molecule is CC1(C)C(=O)N(c2ccc(S(=O)(=O)C(F)(F)F)cc2)C(=O)N1Cc1ccnc(C(=O)Oc2ccccc2)c1. The minimum Gasteiger partial charge on any atom is -0.422 e. The fourth-order valence-corrected chi connectivity index (χ4v) is 4.51. The largest absolute Gasteiger partial charge is 0.501 e. The summed E-state index contributed by atoms with van der Waals surface area (Å²) in [5, 5.41) is 0. The Morgan fingerprint density at radius 3 is 2.24 bits per heavy atom. The van der Waals surface area contributed by atoms with Crippen molar-refractivity contribution in [3.05, 3.63) is 84.2 Å². The van der Waals surface area contributed by atoms with E-state index in [9.17, 15) is 36.0 Å². The second kappa shape index (κ2) is 9.56. The summed E-state index contributed by atoms with van der Waals surface area (Å²) in [5.74, 6) is -1.08. The molecule has 0 N–H and O–H groups in total. The van der Waals surface area contributed by atoms with Crippen molar-refractivity contribution in [2.75, 3.05) is 4.90 Å². The molecule has 13 heteroatoms. The van der Waals surface area contributed by atoms with Gasteiger partial charge in [0.2, 0.25) is 0 Å². The van der Waals surface area contributed by atoms with Gasteiger partial charge in [0.05, 0.1) is 10.6 Å². The van der Waals surface area contributed by atoms with E-state index < -0.39 is 43.7 Å². The van der Waals surface area contributed by atoms with E-state index in [0.717, 1.165) is 17.0 Å². The number of imide groups is 1. The van der Waals surface area contributed by atoms with Crippen LogP contribution in [0.3, 0.4) is 0 Å². The number of halogens is 3. The first kappa shape index (κ1) is 26.8. The highest BCUT2D eigenvalue weighted by molar-refractivity contribution is 7.92. The number of benzene rings is 2. The molecular weight excluding hydrogens is 527 g/mol. The molecule has 1 aliphatic rings. The van der Waals surface area contributed by atoms with Gasteiger partial charge in [-0.15, -0.1) is 0 Å². The van der Waals surface area contributed by atoms with Gasteiger partial charge >= 0.3 is 17.5 Å². The lowest BCUT2D eigenvalue weighted by atomic mass is 10.0. The van der Waals surface area contributed by atoms with Gasteiger partial charge in [0.25, 0.3) is 15.7 Å². The van der Waals surface area contributed by atoms with Crippen LogP contribution in [-0.2, 0) is 21.2 Å². The third-order valence-corrected chi connectivity index (χ3v) is 7.36. The number of urea groups is 1. The highest BCUT2D eigenvalue weighted by Gasteiger charge is 2.52. The zero-order valence-electron chi connectivity index (χ0n) is 20.0. The normalized spacial score (nSPS) is 15.6. The molecule has 0 radical (unpaired) electrons. The number of pyridine rings is 1. The van der Waals surface area contributed by atoms with Gasteiger partial charge in [-0.3, -0.25) is 4.79 Å². The molecule has 2 heterocycles. The summed E-state index contributed by atoms with van der Waals surface area (Å²) in [6, 6.07) is 13.8. The Hall–Kier alpha value is -4.26. The number of carbonyl (C=O) groups excluding carboxylic acids is 3. The molecule has 3 amide bonds. The minimum atomic E-state index is -5.59. The highest BCUT2D eigenvalue weighted by Crippen LogP contribution is 2.35. The number of hydrogen-bond acceptors (Lipinski definition) is 7. The minimum absolute atomic E-state index is 0.0274. The number of alkyl halides is 3. The van der Waals surface area contributed by atoms with E-state index in [1.54, 1.807) is 36.4 Å². The lowest BCUT2D eigenvalue weighted by Crippen LogP contribution is -2.43. The Labute approximate surface area is 215 Å². The second-order valence-electron chi connectivity index (χ2n) is 8.76. The zero-order chi connectivity index (χ0) is 27.9.